The maximum absolute atomic E-state index is 12.0. The number of rotatable bonds is 5. The molecule has 0 aliphatic carbocycles. The van der Waals surface area contributed by atoms with Gasteiger partial charge in [0.2, 0.25) is 0 Å². The third kappa shape index (κ3) is 3.88. The number of aromatic nitrogens is 3. The molecule has 0 unspecified atom stereocenters. The zero-order valence-corrected chi connectivity index (χ0v) is 12.6. The van der Waals surface area contributed by atoms with Crippen LogP contribution in [0.25, 0.3) is 0 Å². The molecule has 0 aliphatic heterocycles. The van der Waals surface area contributed by atoms with Crippen molar-refractivity contribution >= 4 is 29.0 Å². The Bertz CT molecular complexity index is 613. The first kappa shape index (κ1) is 15.2. The molecule has 0 aliphatic rings. The Hall–Kier alpha value is -2.21. The highest BCUT2D eigenvalue weighted by Crippen LogP contribution is 2.14. The Kier molecular flexibility index (Phi) is 5.05. The van der Waals surface area contributed by atoms with Gasteiger partial charge in [-0.1, -0.05) is 11.6 Å². The van der Waals surface area contributed by atoms with E-state index in [-0.39, 0.29) is 16.8 Å². The van der Waals surface area contributed by atoms with E-state index in [1.807, 2.05) is 6.07 Å². The summed E-state index contributed by atoms with van der Waals surface area (Å²) in [5.41, 5.74) is 0.757. The number of anilines is 2. The third-order valence-corrected chi connectivity index (χ3v) is 3.11. The van der Waals surface area contributed by atoms with Crippen LogP contribution in [0.4, 0.5) is 11.5 Å². The van der Waals surface area contributed by atoms with Gasteiger partial charge in [-0.05, 0) is 26.0 Å². The van der Waals surface area contributed by atoms with Crippen LogP contribution in [0.2, 0.25) is 5.15 Å². The van der Waals surface area contributed by atoms with Crippen LogP contribution in [0, 0.1) is 0 Å². The quantitative estimate of drug-likeness (QED) is 0.919. The lowest BCUT2D eigenvalue weighted by Gasteiger charge is -2.19. The molecule has 2 heterocycles. The summed E-state index contributed by atoms with van der Waals surface area (Å²) in [5, 5.41) is 2.88. The van der Waals surface area contributed by atoms with Crippen LogP contribution >= 0.6 is 11.6 Å². The number of halogens is 1. The molecule has 0 fully saturated rings. The highest BCUT2D eigenvalue weighted by molar-refractivity contribution is 6.29. The first-order chi connectivity index (χ1) is 10.1. The van der Waals surface area contributed by atoms with Crippen molar-refractivity contribution in [3.8, 4) is 0 Å². The molecular weight excluding hydrogens is 290 g/mol. The van der Waals surface area contributed by atoms with Gasteiger partial charge in [0.1, 0.15) is 16.7 Å². The molecule has 0 saturated carbocycles. The van der Waals surface area contributed by atoms with Crippen molar-refractivity contribution in [1.82, 2.24) is 15.0 Å². The maximum atomic E-state index is 12.0. The fourth-order valence-corrected chi connectivity index (χ4v) is 1.99. The molecule has 2 rings (SSSR count). The Labute approximate surface area is 128 Å². The topological polar surface area (TPSA) is 71.0 Å². The van der Waals surface area contributed by atoms with Gasteiger partial charge in [0.25, 0.3) is 5.91 Å². The molecule has 21 heavy (non-hydrogen) atoms. The lowest BCUT2D eigenvalue weighted by atomic mass is 10.3. The predicted molar refractivity (Wildman–Crippen MR) is 82.8 cm³/mol. The first-order valence-electron chi connectivity index (χ1n) is 6.64. The van der Waals surface area contributed by atoms with Crippen LogP contribution in [0.1, 0.15) is 24.3 Å². The molecular formula is C14H16ClN5O. The predicted octanol–water partition coefficient (Wildman–Crippen LogP) is 2.62. The molecule has 0 atom stereocenters. The highest BCUT2D eigenvalue weighted by Gasteiger charge is 2.10. The van der Waals surface area contributed by atoms with Gasteiger partial charge in [-0.15, -0.1) is 0 Å². The fourth-order valence-electron chi connectivity index (χ4n) is 1.84. The molecule has 0 saturated heterocycles. The van der Waals surface area contributed by atoms with Crippen LogP contribution in [0.3, 0.4) is 0 Å². The average Bonchev–Trinajstić information content (AvgIpc) is 2.50. The summed E-state index contributed by atoms with van der Waals surface area (Å²) in [6, 6.07) is 3.67. The van der Waals surface area contributed by atoms with Crippen molar-refractivity contribution in [2.24, 2.45) is 0 Å². The zero-order valence-electron chi connectivity index (χ0n) is 11.9. The molecule has 0 bridgehead atoms. The van der Waals surface area contributed by atoms with Crippen molar-refractivity contribution in [3.05, 3.63) is 41.6 Å². The van der Waals surface area contributed by atoms with Gasteiger partial charge >= 0.3 is 0 Å². The van der Waals surface area contributed by atoms with Crippen LogP contribution < -0.4 is 10.2 Å². The largest absolute Gasteiger partial charge is 0.357 e. The standard InChI is InChI=1S/C14H16ClN5O/c1-3-20(4-2)13-6-5-10(7-17-13)18-14(21)11-8-16-9-12(15)19-11/h5-9H,3-4H2,1-2H3,(H,18,21). The smallest absolute Gasteiger partial charge is 0.275 e. The van der Waals surface area contributed by atoms with Gasteiger partial charge in [-0.2, -0.15) is 0 Å². The van der Waals surface area contributed by atoms with Crippen molar-refractivity contribution in [2.75, 3.05) is 23.3 Å². The van der Waals surface area contributed by atoms with E-state index in [1.165, 1.54) is 12.4 Å². The Morgan fingerprint density at radius 1 is 1.24 bits per heavy atom. The maximum Gasteiger partial charge on any atom is 0.275 e. The summed E-state index contributed by atoms with van der Waals surface area (Å²) in [6.45, 7) is 5.90. The van der Waals surface area contributed by atoms with E-state index in [1.54, 1.807) is 12.3 Å². The SMILES string of the molecule is CCN(CC)c1ccc(NC(=O)c2cncc(Cl)n2)cn1. The summed E-state index contributed by atoms with van der Waals surface area (Å²) in [7, 11) is 0. The number of carbonyl (C=O) groups excluding carboxylic acids is 1. The first-order valence-corrected chi connectivity index (χ1v) is 7.01. The average molecular weight is 306 g/mol. The Morgan fingerprint density at radius 3 is 2.57 bits per heavy atom. The van der Waals surface area contributed by atoms with Crippen molar-refractivity contribution < 1.29 is 4.79 Å². The second-order valence-electron chi connectivity index (χ2n) is 4.26. The lowest BCUT2D eigenvalue weighted by Crippen LogP contribution is -2.23. The van der Waals surface area contributed by atoms with E-state index in [2.05, 4.69) is 39.0 Å². The molecule has 0 spiro atoms. The minimum atomic E-state index is -0.373. The van der Waals surface area contributed by atoms with Crippen molar-refractivity contribution in [2.45, 2.75) is 13.8 Å². The van der Waals surface area contributed by atoms with E-state index in [9.17, 15) is 4.79 Å². The summed E-state index contributed by atoms with van der Waals surface area (Å²) >= 11 is 5.71. The fraction of sp³-hybridized carbons (Fsp3) is 0.286. The van der Waals surface area contributed by atoms with E-state index in [0.29, 0.717) is 5.69 Å². The van der Waals surface area contributed by atoms with E-state index in [4.69, 9.17) is 11.6 Å². The Morgan fingerprint density at radius 2 is 2.00 bits per heavy atom. The number of amides is 1. The van der Waals surface area contributed by atoms with Gasteiger partial charge in [0.15, 0.2) is 0 Å². The molecule has 7 heteroatoms. The summed E-state index contributed by atoms with van der Waals surface area (Å²) in [5.74, 6) is 0.503. The van der Waals surface area contributed by atoms with Gasteiger partial charge in [0.05, 0.1) is 24.3 Å². The molecule has 110 valence electrons. The van der Waals surface area contributed by atoms with E-state index < -0.39 is 0 Å². The highest BCUT2D eigenvalue weighted by atomic mass is 35.5. The molecule has 1 amide bonds. The molecule has 1 N–H and O–H groups in total. The minimum absolute atomic E-state index is 0.162. The number of nitrogens with zero attached hydrogens (tertiary/aromatic N) is 4. The molecule has 0 aromatic carbocycles. The van der Waals surface area contributed by atoms with Gasteiger partial charge < -0.3 is 10.2 Å². The van der Waals surface area contributed by atoms with Gasteiger partial charge in [-0.3, -0.25) is 9.78 Å². The molecule has 2 aromatic heterocycles. The van der Waals surface area contributed by atoms with Crippen LogP contribution in [-0.2, 0) is 0 Å². The zero-order chi connectivity index (χ0) is 15.2. The second-order valence-corrected chi connectivity index (χ2v) is 4.65. The summed E-state index contributed by atoms with van der Waals surface area (Å²) < 4.78 is 0. The number of carbonyl (C=O) groups is 1. The Balaban J connectivity index is 2.08. The normalized spacial score (nSPS) is 10.2. The third-order valence-electron chi connectivity index (χ3n) is 2.93. The number of hydrogen-bond acceptors (Lipinski definition) is 5. The van der Waals surface area contributed by atoms with Crippen molar-refractivity contribution in [1.29, 1.82) is 0 Å². The van der Waals surface area contributed by atoms with E-state index in [0.717, 1.165) is 18.9 Å². The summed E-state index contributed by atoms with van der Waals surface area (Å²) in [6.07, 6.45) is 4.35. The molecule has 2 aromatic rings. The number of hydrogen-bond donors (Lipinski definition) is 1. The van der Waals surface area contributed by atoms with E-state index >= 15 is 0 Å². The second kappa shape index (κ2) is 6.99. The van der Waals surface area contributed by atoms with Crippen LogP contribution in [0.15, 0.2) is 30.7 Å². The lowest BCUT2D eigenvalue weighted by molar-refractivity contribution is 0.102. The number of nitrogens with one attached hydrogen (secondary N) is 1. The van der Waals surface area contributed by atoms with Crippen LogP contribution in [0.5, 0.6) is 0 Å². The van der Waals surface area contributed by atoms with Crippen LogP contribution in [-0.4, -0.2) is 33.9 Å². The van der Waals surface area contributed by atoms with Crippen molar-refractivity contribution in [3.63, 3.8) is 0 Å². The number of pyridine rings is 1. The minimum Gasteiger partial charge on any atom is -0.357 e. The molecule has 0 radical (unpaired) electrons. The molecule has 6 nitrogen and oxygen atoms in total. The summed E-state index contributed by atoms with van der Waals surface area (Å²) in [4.78, 5) is 26.2. The monoisotopic (exact) mass is 305 g/mol. The van der Waals surface area contributed by atoms with Gasteiger partial charge in [-0.25, -0.2) is 9.97 Å². The van der Waals surface area contributed by atoms with Gasteiger partial charge in [0, 0.05) is 13.1 Å².